The van der Waals surface area contributed by atoms with Crippen LogP contribution in [0.4, 0.5) is 5.69 Å². The predicted molar refractivity (Wildman–Crippen MR) is 258 cm³/mol. The molecule has 0 spiro atoms. The van der Waals surface area contributed by atoms with Gasteiger partial charge in [0.2, 0.25) is 11.8 Å². The first-order valence-electron chi connectivity index (χ1n) is 22.9. The van der Waals surface area contributed by atoms with Crippen LogP contribution in [0, 0.1) is 0 Å². The van der Waals surface area contributed by atoms with Crippen LogP contribution in [0.5, 0.6) is 23.0 Å². The lowest BCUT2D eigenvalue weighted by molar-refractivity contribution is -0.136. The summed E-state index contributed by atoms with van der Waals surface area (Å²) in [6, 6.07) is 39.2. The van der Waals surface area contributed by atoms with Gasteiger partial charge in [-0.2, -0.15) is 0 Å². The molecule has 2 fully saturated rings. The van der Waals surface area contributed by atoms with Gasteiger partial charge in [0, 0.05) is 79.7 Å². The highest BCUT2D eigenvalue weighted by Gasteiger charge is 2.40. The van der Waals surface area contributed by atoms with Gasteiger partial charge in [-0.25, -0.2) is 8.42 Å². The van der Waals surface area contributed by atoms with E-state index < -0.39 is 21.8 Å². The summed E-state index contributed by atoms with van der Waals surface area (Å²) in [5.74, 6) is 1.79. The molecule has 2 saturated heterocycles. The lowest BCUT2D eigenvalue weighted by Crippen LogP contribution is -2.52. The van der Waals surface area contributed by atoms with Crippen LogP contribution in [0.3, 0.4) is 0 Å². The summed E-state index contributed by atoms with van der Waals surface area (Å²) in [4.78, 5) is 44.0. The van der Waals surface area contributed by atoms with Gasteiger partial charge in [-0.3, -0.25) is 24.6 Å². The van der Waals surface area contributed by atoms with Crippen molar-refractivity contribution < 1.29 is 46.5 Å². The van der Waals surface area contributed by atoms with E-state index in [2.05, 4.69) is 15.1 Å². The van der Waals surface area contributed by atoms with E-state index in [9.17, 15) is 22.8 Å². The fourth-order valence-corrected chi connectivity index (χ4v) is 9.49. The van der Waals surface area contributed by atoms with Crippen molar-refractivity contribution in [1.29, 1.82) is 0 Å². The second-order valence-corrected chi connectivity index (χ2v) is 19.1. The SMILES string of the molecule is CS(=O)(=O)c1ccc(-c2ccc3cc(OCc4ccccc4)ccc3c2Oc2ccc(OCCOCCOCCN3CCN(c4cccc5c4CN(C4CCC(=O)NC4=O)C5=O)CC3)cc2)cc1. The van der Waals surface area contributed by atoms with Crippen molar-refractivity contribution in [3.8, 4) is 34.1 Å². The van der Waals surface area contributed by atoms with Crippen molar-refractivity contribution in [2.45, 2.75) is 36.9 Å². The molecule has 0 aliphatic carbocycles. The van der Waals surface area contributed by atoms with Crippen LogP contribution in [-0.2, 0) is 42.1 Å². The van der Waals surface area contributed by atoms with Crippen LogP contribution in [0.1, 0.15) is 34.3 Å². The third-order valence-electron chi connectivity index (χ3n) is 12.5. The van der Waals surface area contributed by atoms with Gasteiger partial charge in [-0.1, -0.05) is 54.6 Å². The zero-order chi connectivity index (χ0) is 47.0. The van der Waals surface area contributed by atoms with Crippen molar-refractivity contribution in [1.82, 2.24) is 15.1 Å². The van der Waals surface area contributed by atoms with E-state index in [1.807, 2.05) is 103 Å². The van der Waals surface area contributed by atoms with E-state index in [1.165, 1.54) is 6.26 Å². The van der Waals surface area contributed by atoms with E-state index in [0.29, 0.717) is 75.4 Å². The molecule has 0 bridgehead atoms. The number of hydrogen-bond donors (Lipinski definition) is 1. The maximum absolute atomic E-state index is 13.3. The van der Waals surface area contributed by atoms with E-state index in [-0.39, 0.29) is 23.1 Å². The molecule has 3 aliphatic heterocycles. The summed E-state index contributed by atoms with van der Waals surface area (Å²) in [5.41, 5.74) is 5.30. The van der Waals surface area contributed by atoms with Gasteiger partial charge in [-0.05, 0) is 95.7 Å². The highest BCUT2D eigenvalue weighted by Crippen LogP contribution is 2.41. The molecule has 9 rings (SSSR count). The Bertz CT molecular complexity index is 2870. The summed E-state index contributed by atoms with van der Waals surface area (Å²) in [6.07, 6.45) is 1.77. The number of sulfone groups is 1. The number of amides is 3. The molecule has 68 heavy (non-hydrogen) atoms. The van der Waals surface area contributed by atoms with Crippen LogP contribution in [-0.4, -0.2) is 114 Å². The average molecular weight is 939 g/mol. The van der Waals surface area contributed by atoms with Gasteiger partial charge < -0.3 is 33.5 Å². The van der Waals surface area contributed by atoms with Gasteiger partial charge >= 0.3 is 0 Å². The van der Waals surface area contributed by atoms with E-state index in [1.54, 1.807) is 29.2 Å². The van der Waals surface area contributed by atoms with Crippen LogP contribution in [0.2, 0.25) is 0 Å². The first-order chi connectivity index (χ1) is 33.1. The maximum Gasteiger partial charge on any atom is 0.255 e. The highest BCUT2D eigenvalue weighted by atomic mass is 32.2. The van der Waals surface area contributed by atoms with Crippen molar-refractivity contribution >= 4 is 44.0 Å². The zero-order valence-corrected chi connectivity index (χ0v) is 38.8. The predicted octanol–water partition coefficient (Wildman–Crippen LogP) is 7.28. The molecule has 6 aromatic rings. The van der Waals surface area contributed by atoms with Crippen LogP contribution in [0.15, 0.2) is 132 Å². The Labute approximate surface area is 396 Å². The Balaban J connectivity index is 0.708. The zero-order valence-electron chi connectivity index (χ0n) is 37.9. The summed E-state index contributed by atoms with van der Waals surface area (Å²) in [6.45, 7) is 7.22. The summed E-state index contributed by atoms with van der Waals surface area (Å²) < 4.78 is 54.7. The van der Waals surface area contributed by atoms with Crippen molar-refractivity contribution in [3.63, 3.8) is 0 Å². The Morgan fingerprint density at radius 1 is 0.676 bits per heavy atom. The Kier molecular flexibility index (Phi) is 14.3. The van der Waals surface area contributed by atoms with E-state index in [0.717, 1.165) is 77.2 Å². The van der Waals surface area contributed by atoms with E-state index in [4.69, 9.17) is 23.7 Å². The second-order valence-electron chi connectivity index (χ2n) is 17.1. The number of carbonyl (C=O) groups is 3. The number of hydrogen-bond acceptors (Lipinski definition) is 12. The minimum absolute atomic E-state index is 0.157. The molecule has 14 nitrogen and oxygen atoms in total. The highest BCUT2D eigenvalue weighted by molar-refractivity contribution is 7.90. The van der Waals surface area contributed by atoms with Gasteiger partial charge in [-0.15, -0.1) is 0 Å². The minimum atomic E-state index is -3.35. The molecule has 352 valence electrons. The largest absolute Gasteiger partial charge is 0.491 e. The number of nitrogens with one attached hydrogen (secondary N) is 1. The number of anilines is 1. The van der Waals surface area contributed by atoms with Crippen LogP contribution >= 0.6 is 0 Å². The molecular formula is C53H54N4O10S. The Morgan fingerprint density at radius 3 is 2.15 bits per heavy atom. The van der Waals surface area contributed by atoms with Gasteiger partial charge in [0.05, 0.1) is 31.3 Å². The molecule has 0 saturated carbocycles. The smallest absolute Gasteiger partial charge is 0.255 e. The van der Waals surface area contributed by atoms with Gasteiger partial charge in [0.15, 0.2) is 9.84 Å². The first kappa shape index (κ1) is 46.3. The summed E-state index contributed by atoms with van der Waals surface area (Å²) in [7, 11) is -3.35. The number of piperidine rings is 1. The molecule has 15 heteroatoms. The Hall–Kier alpha value is -6.78. The minimum Gasteiger partial charge on any atom is -0.491 e. The number of ether oxygens (including phenoxy) is 5. The molecule has 3 amide bonds. The standard InChI is InChI=1S/C53H54N4O10S/c1-68(61,62)43-18-10-38(11-19-43)44-20-12-39-34-42(66-36-37-6-3-2-4-7-37)17-21-45(39)51(44)67-41-15-13-40(14-16-41)65-33-32-64-31-30-63-29-28-55-24-26-56(27-25-55)48-9-5-8-46-47(48)35-57(53(46)60)49-22-23-50(58)54-52(49)59/h2-21,34,49H,22-33,35-36H2,1H3,(H,54,58,59). The quantitative estimate of drug-likeness (QED) is 0.0642. The molecule has 1 unspecified atom stereocenters. The fourth-order valence-electron chi connectivity index (χ4n) is 8.86. The number of imide groups is 1. The van der Waals surface area contributed by atoms with Gasteiger partial charge in [0.25, 0.3) is 5.91 Å². The third-order valence-corrected chi connectivity index (χ3v) is 13.6. The lowest BCUT2D eigenvalue weighted by atomic mass is 9.99. The number of benzene rings is 6. The molecule has 6 aromatic carbocycles. The molecule has 3 aliphatic rings. The summed E-state index contributed by atoms with van der Waals surface area (Å²) >= 11 is 0. The maximum atomic E-state index is 13.3. The lowest BCUT2D eigenvalue weighted by Gasteiger charge is -2.37. The van der Waals surface area contributed by atoms with E-state index >= 15 is 0 Å². The van der Waals surface area contributed by atoms with Gasteiger partial charge in [0.1, 0.15) is 42.3 Å². The molecular weight excluding hydrogens is 885 g/mol. The third kappa shape index (κ3) is 11.0. The number of carbonyl (C=O) groups excluding carboxylic acids is 3. The van der Waals surface area contributed by atoms with Crippen molar-refractivity contribution in [2.75, 3.05) is 76.9 Å². The molecule has 0 radical (unpaired) electrons. The number of fused-ring (bicyclic) bond motifs is 2. The normalized spacial score (nSPS) is 16.5. The molecule has 0 aromatic heterocycles. The average Bonchev–Trinajstić information content (AvgIpc) is 3.69. The molecule has 1 N–H and O–H groups in total. The monoisotopic (exact) mass is 938 g/mol. The number of rotatable bonds is 19. The summed E-state index contributed by atoms with van der Waals surface area (Å²) in [5, 5.41) is 4.18. The molecule has 1 atom stereocenters. The van der Waals surface area contributed by atoms with Crippen LogP contribution in [0.25, 0.3) is 21.9 Å². The molecule has 3 heterocycles. The van der Waals surface area contributed by atoms with Crippen molar-refractivity contribution in [3.05, 3.63) is 144 Å². The first-order valence-corrected chi connectivity index (χ1v) is 24.8. The Morgan fingerprint density at radius 2 is 1.40 bits per heavy atom. The fraction of sp³-hybridized carbons (Fsp3) is 0.302. The second kappa shape index (κ2) is 21.0. The topological polar surface area (TPSA) is 153 Å². The van der Waals surface area contributed by atoms with Crippen LogP contribution < -0.4 is 24.4 Å². The number of piperazine rings is 1. The number of nitrogens with zero attached hydrogens (tertiary/aromatic N) is 3. The van der Waals surface area contributed by atoms with Crippen molar-refractivity contribution in [2.24, 2.45) is 0 Å².